The number of phenolic OH excluding ortho intramolecular Hbond substituents is 1. The number of aromatic hydroxyl groups is 1. The highest BCUT2D eigenvalue weighted by Gasteiger charge is 2.63. The van der Waals surface area contributed by atoms with E-state index >= 15 is 0 Å². The Morgan fingerprint density at radius 1 is 1.03 bits per heavy atom. The molecule has 1 saturated carbocycles. The molecule has 6 heteroatoms. The van der Waals surface area contributed by atoms with Crippen LogP contribution in [0.15, 0.2) is 48.8 Å². The summed E-state index contributed by atoms with van der Waals surface area (Å²) >= 11 is 0. The lowest BCUT2D eigenvalue weighted by molar-refractivity contribution is -0.149. The van der Waals surface area contributed by atoms with Crippen LogP contribution in [0.3, 0.4) is 0 Å². The lowest BCUT2D eigenvalue weighted by Crippen LogP contribution is -2.71. The van der Waals surface area contributed by atoms with Gasteiger partial charge in [0.15, 0.2) is 0 Å². The van der Waals surface area contributed by atoms with E-state index < -0.39 is 5.60 Å². The molecule has 2 N–H and O–H groups in total. The predicted octanol–water partition coefficient (Wildman–Crippen LogP) is 3.39. The number of nitrogens with zero attached hydrogens (tertiary/aromatic N) is 4. The smallest absolute Gasteiger partial charge is 0.136 e. The number of aliphatic hydroxyl groups is 1. The molecule has 3 unspecified atom stereocenters. The van der Waals surface area contributed by atoms with Crippen LogP contribution in [0.4, 0.5) is 0 Å². The van der Waals surface area contributed by atoms with E-state index in [4.69, 9.17) is 4.98 Å². The van der Waals surface area contributed by atoms with Gasteiger partial charge in [-0.2, -0.15) is 0 Å². The molecule has 2 bridgehead atoms. The number of likely N-dealkylation sites (tertiary alicyclic amines) is 2. The molecule has 0 spiro atoms. The van der Waals surface area contributed by atoms with Crippen molar-refractivity contribution in [1.29, 1.82) is 0 Å². The van der Waals surface area contributed by atoms with Gasteiger partial charge in [0, 0.05) is 49.9 Å². The van der Waals surface area contributed by atoms with E-state index in [2.05, 4.69) is 38.7 Å². The first-order chi connectivity index (χ1) is 17.0. The van der Waals surface area contributed by atoms with Gasteiger partial charge < -0.3 is 19.5 Å². The average Bonchev–Trinajstić information content (AvgIpc) is 3.60. The normalized spacial score (nSPS) is 31.2. The SMILES string of the molecule is Oc1ccc2c(c1)C13CCN(CCc4cn5ccccc5n4)CCC1(O)C(C2)N(CC1CC1)CC3. The number of hydrogen-bond donors (Lipinski definition) is 2. The molecule has 2 aromatic heterocycles. The third-order valence-electron chi connectivity index (χ3n) is 9.62. The topological polar surface area (TPSA) is 64.2 Å². The number of benzene rings is 1. The molecule has 2 saturated heterocycles. The van der Waals surface area contributed by atoms with Gasteiger partial charge >= 0.3 is 0 Å². The van der Waals surface area contributed by atoms with E-state index in [1.807, 2.05) is 24.3 Å². The molecule has 7 rings (SSSR count). The first kappa shape index (κ1) is 21.8. The Balaban J connectivity index is 1.17. The van der Waals surface area contributed by atoms with Gasteiger partial charge in [0.25, 0.3) is 0 Å². The molecule has 184 valence electrons. The summed E-state index contributed by atoms with van der Waals surface area (Å²) < 4.78 is 2.09. The lowest BCUT2D eigenvalue weighted by Gasteiger charge is -2.61. The van der Waals surface area contributed by atoms with Crippen LogP contribution in [-0.4, -0.2) is 73.8 Å². The van der Waals surface area contributed by atoms with Crippen molar-refractivity contribution in [3.63, 3.8) is 0 Å². The van der Waals surface area contributed by atoms with E-state index in [1.54, 1.807) is 0 Å². The van der Waals surface area contributed by atoms with Crippen molar-refractivity contribution in [2.24, 2.45) is 5.92 Å². The Bertz CT molecular complexity index is 1220. The Morgan fingerprint density at radius 2 is 1.89 bits per heavy atom. The van der Waals surface area contributed by atoms with Crippen LogP contribution in [-0.2, 0) is 18.3 Å². The van der Waals surface area contributed by atoms with Crippen molar-refractivity contribution in [1.82, 2.24) is 19.2 Å². The summed E-state index contributed by atoms with van der Waals surface area (Å²) in [4.78, 5) is 9.96. The Kier molecular flexibility index (Phi) is 5.02. The van der Waals surface area contributed by atoms with Gasteiger partial charge in [0.05, 0.1) is 11.3 Å². The highest BCUT2D eigenvalue weighted by Crippen LogP contribution is 2.56. The molecule has 4 heterocycles. The van der Waals surface area contributed by atoms with Gasteiger partial charge in [0.2, 0.25) is 0 Å². The number of imidazole rings is 1. The van der Waals surface area contributed by atoms with E-state index in [0.29, 0.717) is 5.75 Å². The van der Waals surface area contributed by atoms with Gasteiger partial charge in [-0.15, -0.1) is 0 Å². The molecule has 6 nitrogen and oxygen atoms in total. The van der Waals surface area contributed by atoms with Crippen LogP contribution in [0.5, 0.6) is 5.75 Å². The Hall–Kier alpha value is -2.41. The van der Waals surface area contributed by atoms with Crippen molar-refractivity contribution in [3.8, 4) is 5.75 Å². The minimum Gasteiger partial charge on any atom is -0.508 e. The largest absolute Gasteiger partial charge is 0.508 e. The van der Waals surface area contributed by atoms with Crippen LogP contribution < -0.4 is 0 Å². The maximum Gasteiger partial charge on any atom is 0.136 e. The molecule has 3 atom stereocenters. The summed E-state index contributed by atoms with van der Waals surface area (Å²) in [6.07, 6.45) is 11.4. The van der Waals surface area contributed by atoms with E-state index in [-0.39, 0.29) is 11.5 Å². The van der Waals surface area contributed by atoms with Crippen molar-refractivity contribution in [2.75, 3.05) is 32.7 Å². The molecular weight excluding hydrogens is 436 g/mol. The molecule has 0 amide bonds. The summed E-state index contributed by atoms with van der Waals surface area (Å²) in [7, 11) is 0. The second-order valence-corrected chi connectivity index (χ2v) is 11.5. The Morgan fingerprint density at radius 3 is 2.74 bits per heavy atom. The van der Waals surface area contributed by atoms with Crippen LogP contribution in [0, 0.1) is 5.92 Å². The third-order valence-corrected chi connectivity index (χ3v) is 9.62. The van der Waals surface area contributed by atoms with Crippen molar-refractivity contribution in [2.45, 2.75) is 62.0 Å². The number of hydrogen-bond acceptors (Lipinski definition) is 5. The van der Waals surface area contributed by atoms with Crippen LogP contribution in [0.25, 0.3) is 5.65 Å². The summed E-state index contributed by atoms with van der Waals surface area (Å²) in [6, 6.07) is 12.2. The van der Waals surface area contributed by atoms with Crippen LogP contribution in [0.1, 0.15) is 48.9 Å². The summed E-state index contributed by atoms with van der Waals surface area (Å²) in [5, 5.41) is 23.0. The van der Waals surface area contributed by atoms with E-state index in [0.717, 1.165) is 82.1 Å². The zero-order valence-corrected chi connectivity index (χ0v) is 20.4. The minimum absolute atomic E-state index is 0.173. The molecule has 0 radical (unpaired) electrons. The molecular formula is C29H36N4O2. The van der Waals surface area contributed by atoms with Crippen molar-refractivity contribution >= 4 is 5.65 Å². The molecule has 3 aromatic rings. The van der Waals surface area contributed by atoms with Crippen LogP contribution >= 0.6 is 0 Å². The van der Waals surface area contributed by atoms with Gasteiger partial charge in [-0.3, -0.25) is 4.90 Å². The molecule has 4 aliphatic rings. The quantitative estimate of drug-likeness (QED) is 0.596. The highest BCUT2D eigenvalue weighted by atomic mass is 16.3. The standard InChI is InChI=1S/C29H36N4O2/c34-24-7-6-22-17-26-29(35)11-15-31(13-8-23-20-33-12-2-1-3-27(33)30-23)14-9-28(29,25(22)18-24)10-16-32(26)19-21-4-5-21/h1-3,6-7,12,18,20-21,26,34-35H,4-5,8-11,13-17,19H2. The fourth-order valence-electron chi connectivity index (χ4n) is 7.52. The summed E-state index contributed by atoms with van der Waals surface area (Å²) in [5.41, 5.74) is 3.64. The second kappa shape index (κ2) is 8.05. The maximum absolute atomic E-state index is 12.6. The van der Waals surface area contributed by atoms with Gasteiger partial charge in [-0.1, -0.05) is 12.1 Å². The Labute approximate surface area is 207 Å². The van der Waals surface area contributed by atoms with Crippen molar-refractivity contribution < 1.29 is 10.2 Å². The lowest BCUT2D eigenvalue weighted by atomic mass is 9.52. The number of piperidine rings is 1. The number of aromatic nitrogens is 2. The average molecular weight is 473 g/mol. The van der Waals surface area contributed by atoms with Gasteiger partial charge in [-0.25, -0.2) is 4.98 Å². The number of rotatable bonds is 5. The monoisotopic (exact) mass is 472 g/mol. The van der Waals surface area contributed by atoms with Crippen molar-refractivity contribution in [3.05, 3.63) is 65.6 Å². The summed E-state index contributed by atoms with van der Waals surface area (Å²) in [6.45, 7) is 5.03. The summed E-state index contributed by atoms with van der Waals surface area (Å²) in [5.74, 6) is 1.15. The molecule has 3 fully saturated rings. The van der Waals surface area contributed by atoms with Gasteiger partial charge in [-0.05, 0) is 92.9 Å². The highest BCUT2D eigenvalue weighted by molar-refractivity contribution is 5.48. The third kappa shape index (κ3) is 3.52. The van der Waals surface area contributed by atoms with Crippen LogP contribution in [0.2, 0.25) is 0 Å². The number of fused-ring (bicyclic) bond motifs is 2. The molecule has 2 aliphatic carbocycles. The van der Waals surface area contributed by atoms with E-state index in [9.17, 15) is 10.2 Å². The maximum atomic E-state index is 12.6. The second-order valence-electron chi connectivity index (χ2n) is 11.5. The zero-order chi connectivity index (χ0) is 23.6. The fraction of sp³-hybridized carbons (Fsp3) is 0.552. The van der Waals surface area contributed by atoms with E-state index in [1.165, 1.54) is 24.0 Å². The molecule has 35 heavy (non-hydrogen) atoms. The predicted molar refractivity (Wildman–Crippen MR) is 136 cm³/mol. The first-order valence-corrected chi connectivity index (χ1v) is 13.5. The zero-order valence-electron chi connectivity index (χ0n) is 20.4. The molecule has 2 aliphatic heterocycles. The first-order valence-electron chi connectivity index (χ1n) is 13.5. The number of phenols is 1. The number of pyridine rings is 1. The molecule has 1 aromatic carbocycles. The fourth-order valence-corrected chi connectivity index (χ4v) is 7.52. The van der Waals surface area contributed by atoms with Gasteiger partial charge in [0.1, 0.15) is 11.4 Å². The minimum atomic E-state index is -0.751.